The smallest absolute Gasteiger partial charge is 0.267 e. The lowest BCUT2D eigenvalue weighted by atomic mass is 10.2. The summed E-state index contributed by atoms with van der Waals surface area (Å²) in [4.78, 5) is 12.3. The maximum Gasteiger partial charge on any atom is 0.267 e. The van der Waals surface area contributed by atoms with Gasteiger partial charge in [0.1, 0.15) is 23.1 Å². The van der Waals surface area contributed by atoms with Gasteiger partial charge in [-0.15, -0.1) is 0 Å². The van der Waals surface area contributed by atoms with Crippen molar-refractivity contribution < 1.29 is 14.3 Å². The SMILES string of the molecule is COc1ccc(OC)c(NC(=O)/C(C#N)=C\NC2CCCC2)c1. The van der Waals surface area contributed by atoms with E-state index < -0.39 is 5.91 Å². The van der Waals surface area contributed by atoms with Crippen LogP contribution in [0.4, 0.5) is 5.69 Å². The number of nitrogens with zero attached hydrogens (tertiary/aromatic N) is 1. The predicted octanol–water partition coefficient (Wildman–Crippen LogP) is 2.58. The number of nitriles is 1. The van der Waals surface area contributed by atoms with Crippen molar-refractivity contribution in [3.8, 4) is 17.6 Å². The second-order valence-electron chi connectivity index (χ2n) is 5.34. The van der Waals surface area contributed by atoms with Crippen LogP contribution in [0.25, 0.3) is 0 Å². The summed E-state index contributed by atoms with van der Waals surface area (Å²) in [5.74, 6) is 0.609. The average molecular weight is 315 g/mol. The number of methoxy groups -OCH3 is 2. The molecule has 0 heterocycles. The van der Waals surface area contributed by atoms with Crippen molar-refractivity contribution in [3.05, 3.63) is 30.0 Å². The first kappa shape index (κ1) is 16.7. The molecular weight excluding hydrogens is 294 g/mol. The van der Waals surface area contributed by atoms with Crippen LogP contribution in [0.3, 0.4) is 0 Å². The number of hydrogen-bond donors (Lipinski definition) is 2. The van der Waals surface area contributed by atoms with E-state index >= 15 is 0 Å². The van der Waals surface area contributed by atoms with Crippen LogP contribution < -0.4 is 20.1 Å². The molecule has 1 amide bonds. The molecule has 1 aromatic carbocycles. The maximum atomic E-state index is 12.3. The van der Waals surface area contributed by atoms with Gasteiger partial charge in [0.2, 0.25) is 0 Å². The number of carbonyl (C=O) groups is 1. The fourth-order valence-corrected chi connectivity index (χ4v) is 2.54. The Morgan fingerprint density at radius 2 is 2.04 bits per heavy atom. The Bertz CT molecular complexity index is 628. The minimum absolute atomic E-state index is 0.0294. The van der Waals surface area contributed by atoms with Gasteiger partial charge in [-0.2, -0.15) is 5.26 Å². The number of hydrogen-bond acceptors (Lipinski definition) is 5. The van der Waals surface area contributed by atoms with Crippen molar-refractivity contribution in [2.75, 3.05) is 19.5 Å². The van der Waals surface area contributed by atoms with Gasteiger partial charge in [-0.1, -0.05) is 12.8 Å². The molecule has 6 nitrogen and oxygen atoms in total. The molecule has 0 aromatic heterocycles. The quantitative estimate of drug-likeness (QED) is 0.623. The molecule has 23 heavy (non-hydrogen) atoms. The lowest BCUT2D eigenvalue weighted by Gasteiger charge is -2.12. The molecule has 122 valence electrons. The Hall–Kier alpha value is -2.68. The van der Waals surface area contributed by atoms with E-state index in [4.69, 9.17) is 9.47 Å². The predicted molar refractivity (Wildman–Crippen MR) is 87.3 cm³/mol. The van der Waals surface area contributed by atoms with Gasteiger partial charge in [0, 0.05) is 18.3 Å². The van der Waals surface area contributed by atoms with Crippen LogP contribution in [0.1, 0.15) is 25.7 Å². The van der Waals surface area contributed by atoms with Gasteiger partial charge >= 0.3 is 0 Å². The molecule has 0 radical (unpaired) electrons. The highest BCUT2D eigenvalue weighted by atomic mass is 16.5. The molecule has 0 aliphatic heterocycles. The third kappa shape index (κ3) is 4.39. The normalized spacial score (nSPS) is 14.9. The van der Waals surface area contributed by atoms with Gasteiger partial charge in [0.05, 0.1) is 19.9 Å². The van der Waals surface area contributed by atoms with E-state index in [1.54, 1.807) is 25.3 Å². The molecule has 0 bridgehead atoms. The molecule has 0 unspecified atom stereocenters. The summed E-state index contributed by atoms with van der Waals surface area (Å²) < 4.78 is 10.4. The molecule has 2 N–H and O–H groups in total. The third-order valence-electron chi connectivity index (χ3n) is 3.84. The molecule has 0 saturated heterocycles. The molecule has 6 heteroatoms. The van der Waals surface area contributed by atoms with Gasteiger partial charge in [0.15, 0.2) is 0 Å². The second-order valence-corrected chi connectivity index (χ2v) is 5.34. The van der Waals surface area contributed by atoms with Crippen molar-refractivity contribution in [1.82, 2.24) is 5.32 Å². The van der Waals surface area contributed by atoms with Crippen LogP contribution in [-0.2, 0) is 4.79 Å². The van der Waals surface area contributed by atoms with Crippen LogP contribution >= 0.6 is 0 Å². The lowest BCUT2D eigenvalue weighted by Crippen LogP contribution is -2.23. The Morgan fingerprint density at radius 1 is 1.30 bits per heavy atom. The summed E-state index contributed by atoms with van der Waals surface area (Å²) >= 11 is 0. The van der Waals surface area contributed by atoms with Crippen molar-refractivity contribution in [1.29, 1.82) is 5.26 Å². The van der Waals surface area contributed by atoms with Gasteiger partial charge in [-0.25, -0.2) is 0 Å². The summed E-state index contributed by atoms with van der Waals surface area (Å²) in [7, 11) is 3.06. The van der Waals surface area contributed by atoms with Crippen LogP contribution in [0.2, 0.25) is 0 Å². The number of nitrogens with one attached hydrogen (secondary N) is 2. The number of rotatable bonds is 6. The first-order valence-corrected chi connectivity index (χ1v) is 7.57. The summed E-state index contributed by atoms with van der Waals surface area (Å²) in [5, 5.41) is 15.0. The van der Waals surface area contributed by atoms with Gasteiger partial charge in [-0.3, -0.25) is 4.79 Å². The summed E-state index contributed by atoms with van der Waals surface area (Å²) in [6, 6.07) is 7.35. The van der Waals surface area contributed by atoms with E-state index in [1.165, 1.54) is 26.2 Å². The number of carbonyl (C=O) groups excluding carboxylic acids is 1. The van der Waals surface area contributed by atoms with E-state index in [2.05, 4.69) is 10.6 Å². The van der Waals surface area contributed by atoms with Gasteiger partial charge in [0.25, 0.3) is 5.91 Å². The van der Waals surface area contributed by atoms with E-state index in [-0.39, 0.29) is 5.57 Å². The first-order chi connectivity index (χ1) is 11.2. The Morgan fingerprint density at radius 3 is 2.65 bits per heavy atom. The average Bonchev–Trinajstić information content (AvgIpc) is 3.08. The van der Waals surface area contributed by atoms with Crippen molar-refractivity contribution in [2.24, 2.45) is 0 Å². The van der Waals surface area contributed by atoms with Crippen LogP contribution in [0.5, 0.6) is 11.5 Å². The molecule has 2 rings (SSSR count). The van der Waals surface area contributed by atoms with Crippen LogP contribution in [0.15, 0.2) is 30.0 Å². The molecular formula is C17H21N3O3. The number of benzene rings is 1. The minimum Gasteiger partial charge on any atom is -0.497 e. The highest BCUT2D eigenvalue weighted by Crippen LogP contribution is 2.29. The fraction of sp³-hybridized carbons (Fsp3) is 0.412. The zero-order valence-corrected chi connectivity index (χ0v) is 13.4. The maximum absolute atomic E-state index is 12.3. The summed E-state index contributed by atoms with van der Waals surface area (Å²) in [6.45, 7) is 0. The van der Waals surface area contributed by atoms with E-state index in [9.17, 15) is 10.1 Å². The first-order valence-electron chi connectivity index (χ1n) is 7.57. The van der Waals surface area contributed by atoms with Crippen LogP contribution in [-0.4, -0.2) is 26.2 Å². The highest BCUT2D eigenvalue weighted by Gasteiger charge is 2.16. The topological polar surface area (TPSA) is 83.4 Å². The Labute approximate surface area is 136 Å². The molecule has 1 aromatic rings. The second kappa shape index (κ2) is 8.08. The number of anilines is 1. The zero-order chi connectivity index (χ0) is 16.7. The fourth-order valence-electron chi connectivity index (χ4n) is 2.54. The zero-order valence-electron chi connectivity index (χ0n) is 13.4. The van der Waals surface area contributed by atoms with Gasteiger partial charge in [-0.05, 0) is 25.0 Å². The van der Waals surface area contributed by atoms with Crippen molar-refractivity contribution in [2.45, 2.75) is 31.7 Å². The van der Waals surface area contributed by atoms with Gasteiger partial charge < -0.3 is 20.1 Å². The highest BCUT2D eigenvalue weighted by molar-refractivity contribution is 6.07. The largest absolute Gasteiger partial charge is 0.497 e. The van der Waals surface area contributed by atoms with E-state index in [0.717, 1.165) is 12.8 Å². The monoisotopic (exact) mass is 315 g/mol. The molecule has 1 aliphatic carbocycles. The lowest BCUT2D eigenvalue weighted by molar-refractivity contribution is -0.112. The van der Waals surface area contributed by atoms with Crippen LogP contribution in [0, 0.1) is 11.3 Å². The summed E-state index contributed by atoms with van der Waals surface area (Å²) in [5.41, 5.74) is 0.487. The number of ether oxygens (including phenoxy) is 2. The van der Waals surface area contributed by atoms with Crippen molar-refractivity contribution >= 4 is 11.6 Å². The molecule has 1 fully saturated rings. The minimum atomic E-state index is -0.482. The molecule has 1 aliphatic rings. The Balaban J connectivity index is 2.09. The third-order valence-corrected chi connectivity index (χ3v) is 3.84. The standard InChI is InChI=1S/C17H21N3O3/c1-22-14-7-8-16(23-2)15(9-14)20-17(21)12(10-18)11-19-13-5-3-4-6-13/h7-9,11,13,19H,3-6H2,1-2H3,(H,20,21)/b12-11-. The summed E-state index contributed by atoms with van der Waals surface area (Å²) in [6.07, 6.45) is 6.00. The molecule has 1 saturated carbocycles. The molecule has 0 spiro atoms. The van der Waals surface area contributed by atoms with Crippen molar-refractivity contribution in [3.63, 3.8) is 0 Å². The van der Waals surface area contributed by atoms with E-state index in [0.29, 0.717) is 23.2 Å². The number of amides is 1. The molecule has 0 atom stereocenters. The Kier molecular flexibility index (Phi) is 5.87. The van der Waals surface area contributed by atoms with E-state index in [1.807, 2.05) is 6.07 Å².